The zero-order valence-corrected chi connectivity index (χ0v) is 15.7. The molecule has 7 heteroatoms. The fourth-order valence-corrected chi connectivity index (χ4v) is 3.20. The Bertz CT molecular complexity index is 824. The Kier molecular flexibility index (Phi) is 6.13. The van der Waals surface area contributed by atoms with Crippen LogP contribution in [0, 0.1) is 6.92 Å². The summed E-state index contributed by atoms with van der Waals surface area (Å²) in [7, 11) is 1.53. The maximum Gasteiger partial charge on any atom is 0.248 e. The third-order valence-corrected chi connectivity index (χ3v) is 4.66. The number of aromatic nitrogens is 2. The molecule has 0 saturated carbocycles. The topological polar surface area (TPSA) is 75.6 Å². The molecule has 0 N–H and O–H groups in total. The van der Waals surface area contributed by atoms with E-state index in [-0.39, 0.29) is 18.3 Å². The van der Waals surface area contributed by atoms with Gasteiger partial charge in [-0.25, -0.2) is 4.98 Å². The quantitative estimate of drug-likeness (QED) is 0.748. The Balaban J connectivity index is 1.75. The number of hydrogen-bond acceptors (Lipinski definition) is 6. The summed E-state index contributed by atoms with van der Waals surface area (Å²) in [4.78, 5) is 37.5. The first-order valence-corrected chi connectivity index (χ1v) is 9.05. The second-order valence-electron chi connectivity index (χ2n) is 6.50. The molecule has 0 aliphatic carbocycles. The van der Waals surface area contributed by atoms with Gasteiger partial charge in [0.25, 0.3) is 0 Å². The monoisotopic (exact) mass is 368 g/mol. The molecule has 3 rings (SSSR count). The van der Waals surface area contributed by atoms with Crippen LogP contribution in [0.15, 0.2) is 36.5 Å². The Labute approximate surface area is 159 Å². The van der Waals surface area contributed by atoms with Crippen molar-refractivity contribution in [1.82, 2.24) is 14.9 Å². The van der Waals surface area contributed by atoms with Crippen LogP contribution in [0.2, 0.25) is 0 Å². The van der Waals surface area contributed by atoms with Crippen LogP contribution in [0.25, 0.3) is 0 Å². The number of rotatable bonds is 5. The predicted molar refractivity (Wildman–Crippen MR) is 102 cm³/mol. The van der Waals surface area contributed by atoms with Crippen molar-refractivity contribution in [3.05, 3.63) is 53.5 Å². The van der Waals surface area contributed by atoms with Gasteiger partial charge < -0.3 is 14.5 Å². The second kappa shape index (κ2) is 8.73. The molecule has 142 valence electrons. The first-order valence-electron chi connectivity index (χ1n) is 9.05. The van der Waals surface area contributed by atoms with Gasteiger partial charge in [0.2, 0.25) is 11.7 Å². The molecule has 0 aromatic carbocycles. The van der Waals surface area contributed by atoms with Crippen LogP contribution in [0.1, 0.15) is 28.2 Å². The first-order chi connectivity index (χ1) is 13.1. The highest BCUT2D eigenvalue weighted by Gasteiger charge is 2.21. The molecule has 0 bridgehead atoms. The lowest BCUT2D eigenvalue weighted by molar-refractivity contribution is -0.134. The number of amides is 1. The van der Waals surface area contributed by atoms with E-state index in [0.29, 0.717) is 36.6 Å². The molecule has 1 amide bonds. The van der Waals surface area contributed by atoms with E-state index in [0.717, 1.165) is 18.8 Å². The van der Waals surface area contributed by atoms with E-state index in [4.69, 9.17) is 4.74 Å². The van der Waals surface area contributed by atoms with E-state index in [1.54, 1.807) is 24.4 Å². The molecule has 3 heterocycles. The molecule has 1 fully saturated rings. The lowest BCUT2D eigenvalue weighted by atomic mass is 10.1. The average molecular weight is 368 g/mol. The molecule has 1 aliphatic heterocycles. The maximum atomic E-state index is 12.8. The Morgan fingerprint density at radius 3 is 2.74 bits per heavy atom. The lowest BCUT2D eigenvalue weighted by Crippen LogP contribution is -2.37. The van der Waals surface area contributed by atoms with Gasteiger partial charge in [-0.2, -0.15) is 0 Å². The third kappa shape index (κ3) is 4.49. The molecule has 0 spiro atoms. The number of carbonyl (C=O) groups excluding carboxylic acids is 2. The number of pyridine rings is 2. The lowest BCUT2D eigenvalue weighted by Gasteiger charge is -2.23. The van der Waals surface area contributed by atoms with Crippen LogP contribution < -0.4 is 4.90 Å². The van der Waals surface area contributed by atoms with Crippen molar-refractivity contribution in [1.29, 1.82) is 0 Å². The molecule has 2 aromatic heterocycles. The number of ether oxygens (including phenoxy) is 1. The van der Waals surface area contributed by atoms with Gasteiger partial charge >= 0.3 is 0 Å². The van der Waals surface area contributed by atoms with Gasteiger partial charge in [0, 0.05) is 50.7 Å². The fraction of sp³-hybridized carbons (Fsp3) is 0.400. The summed E-state index contributed by atoms with van der Waals surface area (Å²) in [6.45, 7) is 4.69. The van der Waals surface area contributed by atoms with Crippen LogP contribution in [0.4, 0.5) is 5.82 Å². The van der Waals surface area contributed by atoms with Crippen LogP contribution in [-0.4, -0.2) is 66.5 Å². The van der Waals surface area contributed by atoms with E-state index in [1.807, 2.05) is 24.0 Å². The van der Waals surface area contributed by atoms with Crippen molar-refractivity contribution in [2.75, 3.05) is 44.8 Å². The molecule has 0 unspecified atom stereocenters. The van der Waals surface area contributed by atoms with Crippen molar-refractivity contribution >= 4 is 17.5 Å². The molecule has 1 aliphatic rings. The van der Waals surface area contributed by atoms with Crippen LogP contribution >= 0.6 is 0 Å². The summed E-state index contributed by atoms with van der Waals surface area (Å²) in [6.07, 6.45) is 2.51. The van der Waals surface area contributed by atoms with E-state index < -0.39 is 0 Å². The number of aryl methyl sites for hydroxylation is 1. The Hall–Kier alpha value is -2.80. The zero-order chi connectivity index (χ0) is 19.2. The van der Waals surface area contributed by atoms with Gasteiger partial charge in [0.15, 0.2) is 0 Å². The number of methoxy groups -OCH3 is 1. The smallest absolute Gasteiger partial charge is 0.248 e. The van der Waals surface area contributed by atoms with Crippen LogP contribution in [-0.2, 0) is 9.53 Å². The predicted octanol–water partition coefficient (Wildman–Crippen LogP) is 1.70. The average Bonchev–Trinajstić information content (AvgIpc) is 2.94. The molecule has 1 saturated heterocycles. The normalized spacial score (nSPS) is 14.7. The van der Waals surface area contributed by atoms with Gasteiger partial charge in [0.05, 0.1) is 0 Å². The first kappa shape index (κ1) is 19.0. The summed E-state index contributed by atoms with van der Waals surface area (Å²) in [5.41, 5.74) is 1.66. The van der Waals surface area contributed by atoms with Crippen LogP contribution in [0.5, 0.6) is 0 Å². The number of nitrogens with zero attached hydrogens (tertiary/aromatic N) is 4. The molecular formula is C20H24N4O3. The van der Waals surface area contributed by atoms with Crippen molar-refractivity contribution < 1.29 is 14.3 Å². The van der Waals surface area contributed by atoms with Crippen molar-refractivity contribution in [3.8, 4) is 0 Å². The highest BCUT2D eigenvalue weighted by molar-refractivity contribution is 6.08. The number of hydrogen-bond donors (Lipinski definition) is 0. The summed E-state index contributed by atoms with van der Waals surface area (Å²) >= 11 is 0. The Morgan fingerprint density at radius 2 is 1.96 bits per heavy atom. The molecule has 27 heavy (non-hydrogen) atoms. The highest BCUT2D eigenvalue weighted by Crippen LogP contribution is 2.17. The van der Waals surface area contributed by atoms with Crippen molar-refractivity contribution in [2.24, 2.45) is 0 Å². The maximum absolute atomic E-state index is 12.8. The molecule has 7 nitrogen and oxygen atoms in total. The minimum atomic E-state index is -0.130. The highest BCUT2D eigenvalue weighted by atomic mass is 16.5. The fourth-order valence-electron chi connectivity index (χ4n) is 3.20. The van der Waals surface area contributed by atoms with E-state index >= 15 is 0 Å². The molecular weight excluding hydrogens is 344 g/mol. The number of carbonyl (C=O) groups is 2. The second-order valence-corrected chi connectivity index (χ2v) is 6.50. The van der Waals surface area contributed by atoms with E-state index in [1.165, 1.54) is 7.11 Å². The van der Waals surface area contributed by atoms with Gasteiger partial charge in [0.1, 0.15) is 18.1 Å². The largest absolute Gasteiger partial charge is 0.375 e. The van der Waals surface area contributed by atoms with E-state index in [9.17, 15) is 9.59 Å². The summed E-state index contributed by atoms with van der Waals surface area (Å²) in [5.74, 6) is 0.626. The Morgan fingerprint density at radius 1 is 1.11 bits per heavy atom. The van der Waals surface area contributed by atoms with Gasteiger partial charge in [-0.3, -0.25) is 14.6 Å². The molecule has 2 aromatic rings. The summed E-state index contributed by atoms with van der Waals surface area (Å²) < 4.78 is 4.94. The molecule has 0 atom stereocenters. The minimum absolute atomic E-state index is 0.00305. The van der Waals surface area contributed by atoms with Crippen molar-refractivity contribution in [3.63, 3.8) is 0 Å². The van der Waals surface area contributed by atoms with Crippen LogP contribution in [0.3, 0.4) is 0 Å². The zero-order valence-electron chi connectivity index (χ0n) is 15.7. The van der Waals surface area contributed by atoms with Gasteiger partial charge in [-0.15, -0.1) is 0 Å². The summed E-state index contributed by atoms with van der Waals surface area (Å²) in [5, 5.41) is 0. The van der Waals surface area contributed by atoms with E-state index in [2.05, 4.69) is 14.9 Å². The number of anilines is 1. The standard InChI is InChI=1S/C20H24N4O3/c1-15-16(6-4-9-21-15)20(26)17-7-3-8-18(22-17)23-10-5-11-24(13-12-23)19(25)14-27-2/h3-4,6-9H,5,10-14H2,1-2H3. The van der Waals surface area contributed by atoms with Gasteiger partial charge in [-0.05, 0) is 37.6 Å². The minimum Gasteiger partial charge on any atom is -0.375 e. The number of ketones is 1. The summed E-state index contributed by atoms with van der Waals surface area (Å²) in [6, 6.07) is 9.00. The third-order valence-electron chi connectivity index (χ3n) is 4.66. The van der Waals surface area contributed by atoms with Crippen molar-refractivity contribution in [2.45, 2.75) is 13.3 Å². The SMILES string of the molecule is COCC(=O)N1CCCN(c2cccc(C(=O)c3cccnc3C)n2)CC1. The molecule has 0 radical (unpaired) electrons. The van der Waals surface area contributed by atoms with Gasteiger partial charge in [-0.1, -0.05) is 6.07 Å².